The maximum atomic E-state index is 9.64. The van der Waals surface area contributed by atoms with E-state index >= 15 is 0 Å². The van der Waals surface area contributed by atoms with Gasteiger partial charge in [0.15, 0.2) is 0 Å². The van der Waals surface area contributed by atoms with Crippen molar-refractivity contribution in [2.24, 2.45) is 0 Å². The van der Waals surface area contributed by atoms with Crippen molar-refractivity contribution in [3.05, 3.63) is 41.7 Å². The summed E-state index contributed by atoms with van der Waals surface area (Å²) in [5.74, 6) is 0.833. The first-order chi connectivity index (χ1) is 8.72. The number of aromatic nitrogens is 3. The Balaban J connectivity index is 2.06. The fourth-order valence-corrected chi connectivity index (χ4v) is 1.67. The second-order valence-corrected chi connectivity index (χ2v) is 4.11. The third-order valence-electron chi connectivity index (χ3n) is 2.79. The molecule has 96 valence electrons. The van der Waals surface area contributed by atoms with Gasteiger partial charge in [-0.3, -0.25) is 0 Å². The molecule has 5 nitrogen and oxygen atoms in total. The molecule has 0 radical (unpaired) electrons. The maximum Gasteiger partial charge on any atom is 0.118 e. The third-order valence-corrected chi connectivity index (χ3v) is 2.79. The molecule has 18 heavy (non-hydrogen) atoms. The van der Waals surface area contributed by atoms with E-state index in [4.69, 9.17) is 4.74 Å². The predicted octanol–water partition coefficient (Wildman–Crippen LogP) is 1.78. The molecule has 0 fully saturated rings. The van der Waals surface area contributed by atoms with Crippen LogP contribution in [0.2, 0.25) is 0 Å². The standard InChI is InChI=1S/C13H17N3O2/c1-3-13(17)12-9-16(15-14-12)8-10-4-6-11(18-2)7-5-10/h4-7,9,13,17H,3,8H2,1-2H3. The van der Waals surface area contributed by atoms with Crippen LogP contribution in [0.1, 0.15) is 30.7 Å². The molecule has 1 atom stereocenters. The molecule has 0 aliphatic heterocycles. The highest BCUT2D eigenvalue weighted by Gasteiger charge is 2.09. The van der Waals surface area contributed by atoms with Crippen LogP contribution in [0.25, 0.3) is 0 Å². The molecule has 2 aromatic rings. The first-order valence-electron chi connectivity index (χ1n) is 5.94. The van der Waals surface area contributed by atoms with Crippen molar-refractivity contribution in [2.45, 2.75) is 26.0 Å². The van der Waals surface area contributed by atoms with E-state index in [1.807, 2.05) is 31.2 Å². The average Bonchev–Trinajstić information content (AvgIpc) is 2.87. The number of ether oxygens (including phenoxy) is 1. The molecule has 0 spiro atoms. The van der Waals surface area contributed by atoms with Crippen LogP contribution in [0.3, 0.4) is 0 Å². The summed E-state index contributed by atoms with van der Waals surface area (Å²) in [6.45, 7) is 2.54. The number of hydrogen-bond acceptors (Lipinski definition) is 4. The first kappa shape index (κ1) is 12.6. The lowest BCUT2D eigenvalue weighted by Crippen LogP contribution is -2.00. The molecule has 1 aromatic carbocycles. The van der Waals surface area contributed by atoms with Gasteiger partial charge >= 0.3 is 0 Å². The Kier molecular flexibility index (Phi) is 3.94. The van der Waals surface area contributed by atoms with Gasteiger partial charge in [0.05, 0.1) is 26.0 Å². The second-order valence-electron chi connectivity index (χ2n) is 4.11. The Morgan fingerprint density at radius 2 is 2.06 bits per heavy atom. The van der Waals surface area contributed by atoms with Crippen LogP contribution < -0.4 is 4.74 Å². The molecular formula is C13H17N3O2. The lowest BCUT2D eigenvalue weighted by molar-refractivity contribution is 0.168. The highest BCUT2D eigenvalue weighted by molar-refractivity contribution is 5.27. The Hall–Kier alpha value is -1.88. The minimum absolute atomic E-state index is 0.533. The Morgan fingerprint density at radius 1 is 1.33 bits per heavy atom. The lowest BCUT2D eigenvalue weighted by atomic mass is 10.2. The number of aliphatic hydroxyl groups is 1. The molecule has 0 aliphatic rings. The lowest BCUT2D eigenvalue weighted by Gasteiger charge is -2.03. The van der Waals surface area contributed by atoms with Gasteiger partial charge in [-0.05, 0) is 24.1 Å². The Labute approximate surface area is 106 Å². The van der Waals surface area contributed by atoms with Crippen molar-refractivity contribution >= 4 is 0 Å². The quantitative estimate of drug-likeness (QED) is 0.875. The smallest absolute Gasteiger partial charge is 0.118 e. The van der Waals surface area contributed by atoms with Crippen molar-refractivity contribution in [1.29, 1.82) is 0 Å². The molecule has 0 amide bonds. The molecule has 0 saturated heterocycles. The van der Waals surface area contributed by atoms with Gasteiger partial charge in [-0.15, -0.1) is 5.10 Å². The molecule has 1 N–H and O–H groups in total. The SMILES string of the molecule is CCC(O)c1cn(Cc2ccc(OC)cc2)nn1. The molecule has 2 rings (SSSR count). The molecule has 1 unspecified atom stereocenters. The largest absolute Gasteiger partial charge is 0.497 e. The van der Waals surface area contributed by atoms with E-state index in [1.165, 1.54) is 0 Å². The number of methoxy groups -OCH3 is 1. The summed E-state index contributed by atoms with van der Waals surface area (Å²) in [5, 5.41) is 17.6. The van der Waals surface area contributed by atoms with E-state index in [9.17, 15) is 5.11 Å². The van der Waals surface area contributed by atoms with Gasteiger partial charge in [0, 0.05) is 0 Å². The maximum absolute atomic E-state index is 9.64. The average molecular weight is 247 g/mol. The summed E-state index contributed by atoms with van der Waals surface area (Å²) < 4.78 is 6.82. The third kappa shape index (κ3) is 2.87. The zero-order valence-corrected chi connectivity index (χ0v) is 10.6. The molecular weight excluding hydrogens is 230 g/mol. The summed E-state index contributed by atoms with van der Waals surface area (Å²) in [7, 11) is 1.64. The van der Waals surface area contributed by atoms with Crippen LogP contribution in [0, 0.1) is 0 Å². The number of aliphatic hydroxyl groups excluding tert-OH is 1. The van der Waals surface area contributed by atoms with Gasteiger partial charge in [-0.1, -0.05) is 24.3 Å². The second kappa shape index (κ2) is 5.64. The molecule has 1 heterocycles. The van der Waals surface area contributed by atoms with Gasteiger partial charge in [0.2, 0.25) is 0 Å². The zero-order chi connectivity index (χ0) is 13.0. The van der Waals surface area contributed by atoms with E-state index in [0.717, 1.165) is 11.3 Å². The summed E-state index contributed by atoms with van der Waals surface area (Å²) in [5.41, 5.74) is 1.73. The van der Waals surface area contributed by atoms with E-state index in [0.29, 0.717) is 18.7 Å². The molecule has 1 aromatic heterocycles. The highest BCUT2D eigenvalue weighted by Crippen LogP contribution is 2.14. The topological polar surface area (TPSA) is 60.2 Å². The zero-order valence-electron chi connectivity index (χ0n) is 10.6. The van der Waals surface area contributed by atoms with Crippen LogP contribution in [0.15, 0.2) is 30.5 Å². The monoisotopic (exact) mass is 247 g/mol. The molecule has 0 saturated carbocycles. The Bertz CT molecular complexity index is 493. The van der Waals surface area contributed by atoms with E-state index in [1.54, 1.807) is 18.0 Å². The minimum Gasteiger partial charge on any atom is -0.497 e. The minimum atomic E-state index is -0.533. The van der Waals surface area contributed by atoms with Gasteiger partial charge in [-0.25, -0.2) is 4.68 Å². The van der Waals surface area contributed by atoms with E-state index in [-0.39, 0.29) is 0 Å². The first-order valence-corrected chi connectivity index (χ1v) is 5.94. The number of hydrogen-bond donors (Lipinski definition) is 1. The Morgan fingerprint density at radius 3 is 2.67 bits per heavy atom. The van der Waals surface area contributed by atoms with E-state index < -0.39 is 6.10 Å². The summed E-state index contributed by atoms with van der Waals surface area (Å²) in [4.78, 5) is 0. The van der Waals surface area contributed by atoms with Crippen molar-refractivity contribution < 1.29 is 9.84 Å². The van der Waals surface area contributed by atoms with Crippen molar-refractivity contribution in [3.63, 3.8) is 0 Å². The van der Waals surface area contributed by atoms with Crippen LogP contribution in [0.5, 0.6) is 5.75 Å². The van der Waals surface area contributed by atoms with Crippen LogP contribution in [-0.2, 0) is 6.54 Å². The molecule has 0 bridgehead atoms. The molecule has 5 heteroatoms. The fraction of sp³-hybridized carbons (Fsp3) is 0.385. The number of nitrogens with zero attached hydrogens (tertiary/aromatic N) is 3. The van der Waals surface area contributed by atoms with Gasteiger partial charge in [0.25, 0.3) is 0 Å². The van der Waals surface area contributed by atoms with Crippen LogP contribution in [-0.4, -0.2) is 27.2 Å². The van der Waals surface area contributed by atoms with Crippen molar-refractivity contribution in [3.8, 4) is 5.75 Å². The normalized spacial score (nSPS) is 12.4. The predicted molar refractivity (Wildman–Crippen MR) is 67.4 cm³/mol. The summed E-state index contributed by atoms with van der Waals surface area (Å²) in [6, 6.07) is 7.79. The van der Waals surface area contributed by atoms with Crippen molar-refractivity contribution in [2.75, 3.05) is 7.11 Å². The summed E-state index contributed by atoms with van der Waals surface area (Å²) in [6.07, 6.45) is 1.88. The fourth-order valence-electron chi connectivity index (χ4n) is 1.67. The van der Waals surface area contributed by atoms with Gasteiger partial charge in [0.1, 0.15) is 11.4 Å². The number of rotatable bonds is 5. The van der Waals surface area contributed by atoms with Crippen LogP contribution in [0.4, 0.5) is 0 Å². The van der Waals surface area contributed by atoms with Crippen LogP contribution >= 0.6 is 0 Å². The molecule has 0 aliphatic carbocycles. The van der Waals surface area contributed by atoms with Gasteiger partial charge in [-0.2, -0.15) is 0 Å². The van der Waals surface area contributed by atoms with E-state index in [2.05, 4.69) is 10.3 Å². The number of benzene rings is 1. The highest BCUT2D eigenvalue weighted by atomic mass is 16.5. The van der Waals surface area contributed by atoms with Crippen molar-refractivity contribution in [1.82, 2.24) is 15.0 Å². The van der Waals surface area contributed by atoms with Gasteiger partial charge < -0.3 is 9.84 Å². The summed E-state index contributed by atoms with van der Waals surface area (Å²) >= 11 is 0.